The number of hydrogen-bond acceptors (Lipinski definition) is 2. The molecule has 24 heavy (non-hydrogen) atoms. The Kier molecular flexibility index (Phi) is 3.95. The van der Waals surface area contributed by atoms with Crippen LogP contribution in [0.25, 0.3) is 0 Å². The topological polar surface area (TPSA) is 35.6 Å². The van der Waals surface area contributed by atoms with Crippen LogP contribution in [-0.2, 0) is 0 Å². The maximum atomic E-state index is 14.4. The molecule has 5 rings (SSSR count). The van der Waals surface area contributed by atoms with E-state index in [0.29, 0.717) is 24.6 Å². The number of piperidine rings is 3. The predicted octanol–water partition coefficient (Wildman–Crippen LogP) is 2.56. The fourth-order valence-electron chi connectivity index (χ4n) is 4.99. The maximum Gasteiger partial charge on any atom is 0.317 e. The number of carbonyl (C=O) groups is 1. The van der Waals surface area contributed by atoms with E-state index in [9.17, 15) is 13.6 Å². The molecule has 4 aliphatic rings. The number of hydrogen-bond donors (Lipinski definition) is 1. The molecule has 4 nitrogen and oxygen atoms in total. The fourth-order valence-corrected chi connectivity index (χ4v) is 4.99. The molecule has 4 aliphatic heterocycles. The van der Waals surface area contributed by atoms with Crippen LogP contribution in [0, 0.1) is 17.6 Å². The number of rotatable bonds is 2. The van der Waals surface area contributed by atoms with Crippen molar-refractivity contribution in [3.05, 3.63) is 35.4 Å². The van der Waals surface area contributed by atoms with Crippen LogP contribution in [0.1, 0.15) is 31.2 Å². The van der Waals surface area contributed by atoms with Crippen LogP contribution in [0.2, 0.25) is 0 Å². The lowest BCUT2D eigenvalue weighted by molar-refractivity contribution is 0.00335. The molecule has 0 unspecified atom stereocenters. The van der Waals surface area contributed by atoms with Crippen molar-refractivity contribution in [2.45, 2.75) is 37.8 Å². The van der Waals surface area contributed by atoms with Gasteiger partial charge < -0.3 is 10.2 Å². The molecule has 2 amide bonds. The number of fused-ring (bicyclic) bond motifs is 2. The second-order valence-corrected chi connectivity index (χ2v) is 7.09. The molecule has 0 saturated carbocycles. The summed E-state index contributed by atoms with van der Waals surface area (Å²) in [5.41, 5.74) is 0.407. The minimum absolute atomic E-state index is 0.0828. The Morgan fingerprint density at radius 3 is 2.71 bits per heavy atom. The lowest BCUT2D eigenvalue weighted by Crippen LogP contribution is -2.61. The number of nitrogens with zero attached hydrogens (tertiary/aromatic N) is 2. The van der Waals surface area contributed by atoms with Gasteiger partial charge in [0.25, 0.3) is 0 Å². The van der Waals surface area contributed by atoms with E-state index in [-0.39, 0.29) is 24.0 Å². The molecule has 0 spiro atoms. The zero-order valence-corrected chi connectivity index (χ0v) is 13.8. The van der Waals surface area contributed by atoms with Crippen LogP contribution >= 0.6 is 0 Å². The van der Waals surface area contributed by atoms with Crippen molar-refractivity contribution in [2.75, 3.05) is 26.2 Å². The van der Waals surface area contributed by atoms with Gasteiger partial charge in [-0.1, -0.05) is 12.1 Å². The number of nitrogens with one attached hydrogen (secondary N) is 1. The van der Waals surface area contributed by atoms with Gasteiger partial charge in [-0.3, -0.25) is 4.90 Å². The van der Waals surface area contributed by atoms with E-state index < -0.39 is 11.6 Å². The Bertz CT molecular complexity index is 645. The lowest BCUT2D eigenvalue weighted by Gasteiger charge is -2.51. The van der Waals surface area contributed by atoms with E-state index in [1.807, 2.05) is 11.8 Å². The van der Waals surface area contributed by atoms with Crippen LogP contribution < -0.4 is 5.32 Å². The molecule has 1 aromatic carbocycles. The largest absolute Gasteiger partial charge is 0.338 e. The number of benzene rings is 1. The highest BCUT2D eigenvalue weighted by Gasteiger charge is 2.55. The second kappa shape index (κ2) is 5.99. The fraction of sp³-hybridized carbons (Fsp3) is 0.611. The molecule has 0 aliphatic carbocycles. The third-order valence-corrected chi connectivity index (χ3v) is 5.96. The molecule has 3 atom stereocenters. The lowest BCUT2D eigenvalue weighted by atomic mass is 9.75. The smallest absolute Gasteiger partial charge is 0.317 e. The van der Waals surface area contributed by atoms with Gasteiger partial charge in [0.05, 0.1) is 6.04 Å². The Morgan fingerprint density at radius 1 is 1.25 bits per heavy atom. The summed E-state index contributed by atoms with van der Waals surface area (Å²) in [6, 6.07) is 4.50. The average molecular weight is 335 g/mol. The summed E-state index contributed by atoms with van der Waals surface area (Å²) in [7, 11) is 0. The van der Waals surface area contributed by atoms with Crippen molar-refractivity contribution in [2.24, 2.45) is 5.92 Å². The van der Waals surface area contributed by atoms with Gasteiger partial charge in [-0.25, -0.2) is 13.6 Å². The second-order valence-electron chi connectivity index (χ2n) is 7.09. The van der Waals surface area contributed by atoms with Crippen molar-refractivity contribution in [1.82, 2.24) is 15.1 Å². The number of carbonyl (C=O) groups excluding carboxylic acids is 1. The summed E-state index contributed by atoms with van der Waals surface area (Å²) in [6.07, 6.45) is 2.16. The molecule has 130 valence electrons. The third-order valence-electron chi connectivity index (χ3n) is 5.96. The number of halogens is 2. The first-order valence-electron chi connectivity index (χ1n) is 8.84. The van der Waals surface area contributed by atoms with E-state index in [1.165, 1.54) is 0 Å². The zero-order valence-electron chi connectivity index (χ0n) is 13.8. The highest BCUT2D eigenvalue weighted by molar-refractivity contribution is 5.75. The molecule has 4 heterocycles. The van der Waals surface area contributed by atoms with Gasteiger partial charge in [-0.05, 0) is 50.4 Å². The molecule has 0 radical (unpaired) electrons. The van der Waals surface area contributed by atoms with Crippen molar-refractivity contribution in [3.8, 4) is 0 Å². The van der Waals surface area contributed by atoms with Crippen molar-refractivity contribution >= 4 is 6.03 Å². The minimum Gasteiger partial charge on any atom is -0.338 e. The Hall–Kier alpha value is -1.69. The van der Waals surface area contributed by atoms with E-state index >= 15 is 0 Å². The van der Waals surface area contributed by atoms with Gasteiger partial charge in [-0.2, -0.15) is 0 Å². The number of likely N-dealkylation sites (tertiary alicyclic amines) is 1. The zero-order chi connectivity index (χ0) is 16.8. The first-order chi connectivity index (χ1) is 11.6. The van der Waals surface area contributed by atoms with E-state index in [1.54, 1.807) is 12.1 Å². The monoisotopic (exact) mass is 335 g/mol. The van der Waals surface area contributed by atoms with Crippen LogP contribution in [0.15, 0.2) is 18.2 Å². The molecular weight excluding hydrogens is 312 g/mol. The molecule has 1 N–H and O–H groups in total. The average Bonchev–Trinajstić information content (AvgIpc) is 3.01. The van der Waals surface area contributed by atoms with Crippen molar-refractivity contribution in [3.63, 3.8) is 0 Å². The molecule has 4 fully saturated rings. The van der Waals surface area contributed by atoms with Crippen molar-refractivity contribution in [1.29, 1.82) is 0 Å². The third kappa shape index (κ3) is 2.31. The molecular formula is C18H23F2N3O. The van der Waals surface area contributed by atoms with E-state index in [0.717, 1.165) is 32.0 Å². The molecule has 4 saturated heterocycles. The van der Waals surface area contributed by atoms with Crippen molar-refractivity contribution < 1.29 is 13.6 Å². The van der Waals surface area contributed by atoms with Crippen LogP contribution in [0.3, 0.4) is 0 Å². The molecule has 2 bridgehead atoms. The normalized spacial score (nSPS) is 34.3. The minimum atomic E-state index is -0.809. The summed E-state index contributed by atoms with van der Waals surface area (Å²) >= 11 is 0. The van der Waals surface area contributed by atoms with Gasteiger partial charge in [0.1, 0.15) is 0 Å². The summed E-state index contributed by atoms with van der Waals surface area (Å²) in [6.45, 7) is 4.89. The molecule has 0 aromatic heterocycles. The quantitative estimate of drug-likeness (QED) is 0.902. The first-order valence-corrected chi connectivity index (χ1v) is 8.84. The van der Waals surface area contributed by atoms with Gasteiger partial charge in [0.15, 0.2) is 11.6 Å². The van der Waals surface area contributed by atoms with Gasteiger partial charge in [-0.15, -0.1) is 0 Å². The van der Waals surface area contributed by atoms with E-state index in [2.05, 4.69) is 10.2 Å². The van der Waals surface area contributed by atoms with Crippen LogP contribution in [-0.4, -0.2) is 54.1 Å². The Labute approximate surface area is 140 Å². The van der Waals surface area contributed by atoms with Crippen LogP contribution in [0.5, 0.6) is 0 Å². The number of urea groups is 1. The van der Waals surface area contributed by atoms with Crippen LogP contribution in [0.4, 0.5) is 13.6 Å². The SMILES string of the molecule is CCNC(=O)N1C[C@H](c2cccc(F)c2F)[C@@H]2[C@H]1C1CCN2CC1. The number of amides is 2. The summed E-state index contributed by atoms with van der Waals surface area (Å²) in [5.74, 6) is -1.28. The Morgan fingerprint density at radius 2 is 2.00 bits per heavy atom. The standard InChI is InChI=1S/C18H23F2N3O/c1-2-21-18(24)23-10-13(12-4-3-5-14(19)15(12)20)17-16(23)11-6-8-22(17)9-7-11/h3-5,11,13,16-17H,2,6-10H2,1H3,(H,21,24)/t13-,16-,17-/m1/s1. The first kappa shape index (κ1) is 15.8. The highest BCUT2D eigenvalue weighted by atomic mass is 19.2. The van der Waals surface area contributed by atoms with Gasteiger partial charge in [0, 0.05) is 25.0 Å². The summed E-state index contributed by atoms with van der Waals surface area (Å²) in [4.78, 5) is 16.8. The van der Waals surface area contributed by atoms with Gasteiger partial charge >= 0.3 is 6.03 Å². The summed E-state index contributed by atoms with van der Waals surface area (Å²) in [5, 5.41) is 2.88. The predicted molar refractivity (Wildman–Crippen MR) is 86.8 cm³/mol. The Balaban J connectivity index is 1.72. The van der Waals surface area contributed by atoms with E-state index in [4.69, 9.17) is 0 Å². The van der Waals surface area contributed by atoms with Gasteiger partial charge in [0.2, 0.25) is 0 Å². The maximum absolute atomic E-state index is 14.4. The highest BCUT2D eigenvalue weighted by Crippen LogP contribution is 2.47. The summed E-state index contributed by atoms with van der Waals surface area (Å²) < 4.78 is 28.2. The molecule has 1 aromatic rings. The molecule has 6 heteroatoms.